The Hall–Kier alpha value is -0.613. The maximum atomic E-state index is 10.6. The topological polar surface area (TPSA) is 46.5 Å². The molecular weight excluding hydrogens is 244 g/mol. The minimum atomic E-state index is -1.61. The van der Waals surface area contributed by atoms with E-state index in [1.54, 1.807) is 13.0 Å². The normalized spacial score (nSPS) is 13.8. The predicted octanol–water partition coefficient (Wildman–Crippen LogP) is 4.21. The standard InChI is InChI=1S/C14H28O3Si/c1-12(13(15)16)10-8-7-9-11-17-18(5,6)14(2,3)4/h10H,7-9,11H2,1-6H3,(H,15,16)/b12-10+. The van der Waals surface area contributed by atoms with Crippen molar-refractivity contribution in [2.24, 2.45) is 0 Å². The maximum Gasteiger partial charge on any atom is 0.330 e. The molecular formula is C14H28O3Si. The Kier molecular flexibility index (Phi) is 6.85. The van der Waals surface area contributed by atoms with E-state index in [0.29, 0.717) is 5.57 Å². The third kappa shape index (κ3) is 6.35. The second-order valence-electron chi connectivity index (χ2n) is 6.30. The van der Waals surface area contributed by atoms with Crippen LogP contribution in [0, 0.1) is 0 Å². The van der Waals surface area contributed by atoms with E-state index in [-0.39, 0.29) is 5.04 Å². The third-order valence-electron chi connectivity index (χ3n) is 3.66. The molecule has 0 atom stereocenters. The summed E-state index contributed by atoms with van der Waals surface area (Å²) in [6.45, 7) is 13.6. The molecule has 0 saturated carbocycles. The summed E-state index contributed by atoms with van der Waals surface area (Å²) in [5, 5.41) is 8.95. The zero-order valence-corrected chi connectivity index (χ0v) is 13.7. The zero-order chi connectivity index (χ0) is 14.4. The lowest BCUT2D eigenvalue weighted by Gasteiger charge is -2.36. The molecule has 0 bridgehead atoms. The number of hydrogen-bond donors (Lipinski definition) is 1. The predicted molar refractivity (Wildman–Crippen MR) is 78.4 cm³/mol. The lowest BCUT2D eigenvalue weighted by atomic mass is 10.2. The lowest BCUT2D eigenvalue weighted by molar-refractivity contribution is -0.132. The van der Waals surface area contributed by atoms with Gasteiger partial charge in [0, 0.05) is 12.2 Å². The molecule has 0 aliphatic rings. The van der Waals surface area contributed by atoms with Gasteiger partial charge in [0.05, 0.1) is 0 Å². The van der Waals surface area contributed by atoms with Crippen LogP contribution < -0.4 is 0 Å². The summed E-state index contributed by atoms with van der Waals surface area (Å²) in [5.74, 6) is -0.826. The SMILES string of the molecule is C/C(=C\CCCCO[Si](C)(C)C(C)(C)C)C(=O)O. The number of hydrogen-bond acceptors (Lipinski definition) is 2. The highest BCUT2D eigenvalue weighted by molar-refractivity contribution is 6.74. The van der Waals surface area contributed by atoms with Crippen LogP contribution in [0.15, 0.2) is 11.6 Å². The number of rotatable bonds is 7. The van der Waals surface area contributed by atoms with Gasteiger partial charge in [-0.3, -0.25) is 0 Å². The molecule has 0 fully saturated rings. The molecule has 0 aliphatic heterocycles. The van der Waals surface area contributed by atoms with Crippen molar-refractivity contribution in [3.05, 3.63) is 11.6 Å². The van der Waals surface area contributed by atoms with Crippen molar-refractivity contribution in [2.45, 2.75) is 65.1 Å². The summed E-state index contributed by atoms with van der Waals surface area (Å²) >= 11 is 0. The Morgan fingerprint density at radius 3 is 2.28 bits per heavy atom. The van der Waals surface area contributed by atoms with E-state index < -0.39 is 14.3 Å². The van der Waals surface area contributed by atoms with Gasteiger partial charge in [-0.1, -0.05) is 26.8 Å². The fourth-order valence-electron chi connectivity index (χ4n) is 1.20. The van der Waals surface area contributed by atoms with Crippen LogP contribution >= 0.6 is 0 Å². The van der Waals surface area contributed by atoms with Crippen LogP contribution in [0.2, 0.25) is 18.1 Å². The minimum Gasteiger partial charge on any atom is -0.478 e. The van der Waals surface area contributed by atoms with Crippen molar-refractivity contribution < 1.29 is 14.3 Å². The van der Waals surface area contributed by atoms with Gasteiger partial charge in [0.15, 0.2) is 8.32 Å². The molecule has 0 unspecified atom stereocenters. The first kappa shape index (κ1) is 17.4. The van der Waals surface area contributed by atoms with E-state index in [9.17, 15) is 4.79 Å². The Balaban J connectivity index is 3.83. The fourth-order valence-corrected chi connectivity index (χ4v) is 2.28. The quantitative estimate of drug-likeness (QED) is 0.429. The monoisotopic (exact) mass is 272 g/mol. The molecule has 1 N–H and O–H groups in total. The minimum absolute atomic E-state index is 0.257. The molecule has 0 saturated heterocycles. The number of carboxylic acids is 1. The Morgan fingerprint density at radius 2 is 1.83 bits per heavy atom. The summed E-state index contributed by atoms with van der Waals surface area (Å²) in [6, 6.07) is 0. The number of carbonyl (C=O) groups is 1. The van der Waals surface area contributed by atoms with Gasteiger partial charge in [0.1, 0.15) is 0 Å². The largest absolute Gasteiger partial charge is 0.478 e. The molecule has 18 heavy (non-hydrogen) atoms. The van der Waals surface area contributed by atoms with Gasteiger partial charge in [-0.25, -0.2) is 4.79 Å². The van der Waals surface area contributed by atoms with E-state index in [2.05, 4.69) is 33.9 Å². The summed E-state index contributed by atoms with van der Waals surface area (Å²) in [7, 11) is -1.61. The summed E-state index contributed by atoms with van der Waals surface area (Å²) in [6.07, 6.45) is 4.59. The van der Waals surface area contributed by atoms with Crippen LogP contribution in [0.4, 0.5) is 0 Å². The van der Waals surface area contributed by atoms with Crippen LogP contribution in [0.25, 0.3) is 0 Å². The van der Waals surface area contributed by atoms with Crippen LogP contribution in [0.5, 0.6) is 0 Å². The van der Waals surface area contributed by atoms with Gasteiger partial charge < -0.3 is 9.53 Å². The van der Waals surface area contributed by atoms with Crippen molar-refractivity contribution >= 4 is 14.3 Å². The molecule has 0 aromatic rings. The highest BCUT2D eigenvalue weighted by Crippen LogP contribution is 2.36. The van der Waals surface area contributed by atoms with Crippen LogP contribution in [-0.2, 0) is 9.22 Å². The molecule has 0 radical (unpaired) electrons. The lowest BCUT2D eigenvalue weighted by Crippen LogP contribution is -2.40. The molecule has 0 aromatic carbocycles. The summed E-state index contributed by atoms with van der Waals surface area (Å²) < 4.78 is 6.05. The van der Waals surface area contributed by atoms with Crippen molar-refractivity contribution in [3.8, 4) is 0 Å². The highest BCUT2D eigenvalue weighted by Gasteiger charge is 2.36. The van der Waals surface area contributed by atoms with E-state index in [4.69, 9.17) is 9.53 Å². The van der Waals surface area contributed by atoms with Crippen molar-refractivity contribution in [3.63, 3.8) is 0 Å². The average Bonchev–Trinajstić information content (AvgIpc) is 2.20. The molecule has 0 rings (SSSR count). The number of allylic oxidation sites excluding steroid dienone is 1. The first-order chi connectivity index (χ1) is 8.08. The molecule has 0 heterocycles. The van der Waals surface area contributed by atoms with Gasteiger partial charge in [0.25, 0.3) is 0 Å². The van der Waals surface area contributed by atoms with E-state index >= 15 is 0 Å². The van der Waals surface area contributed by atoms with Crippen LogP contribution in [0.3, 0.4) is 0 Å². The summed E-state index contributed by atoms with van der Waals surface area (Å²) in [4.78, 5) is 10.6. The van der Waals surface area contributed by atoms with E-state index in [1.807, 2.05) is 0 Å². The van der Waals surface area contributed by atoms with Gasteiger partial charge in [0.2, 0.25) is 0 Å². The van der Waals surface area contributed by atoms with Crippen molar-refractivity contribution in [1.82, 2.24) is 0 Å². The molecule has 3 nitrogen and oxygen atoms in total. The van der Waals surface area contributed by atoms with Gasteiger partial charge in [-0.05, 0) is 44.3 Å². The summed E-state index contributed by atoms with van der Waals surface area (Å²) in [5.41, 5.74) is 0.431. The smallest absolute Gasteiger partial charge is 0.330 e. The molecule has 4 heteroatoms. The first-order valence-corrected chi connectivity index (χ1v) is 9.53. The van der Waals surface area contributed by atoms with Crippen LogP contribution in [-0.4, -0.2) is 26.0 Å². The number of carboxylic acid groups (broad SMARTS) is 1. The van der Waals surface area contributed by atoms with Crippen molar-refractivity contribution in [1.29, 1.82) is 0 Å². The first-order valence-electron chi connectivity index (χ1n) is 6.62. The van der Waals surface area contributed by atoms with Gasteiger partial charge in [-0.15, -0.1) is 0 Å². The second kappa shape index (κ2) is 7.09. The van der Waals surface area contributed by atoms with Gasteiger partial charge >= 0.3 is 5.97 Å². The molecule has 0 aliphatic carbocycles. The molecule has 0 amide bonds. The average molecular weight is 272 g/mol. The van der Waals surface area contributed by atoms with Gasteiger partial charge in [-0.2, -0.15) is 0 Å². The zero-order valence-electron chi connectivity index (χ0n) is 12.7. The molecule has 0 spiro atoms. The Morgan fingerprint density at radius 1 is 1.28 bits per heavy atom. The van der Waals surface area contributed by atoms with Crippen molar-refractivity contribution in [2.75, 3.05) is 6.61 Å². The number of unbranched alkanes of at least 4 members (excludes halogenated alkanes) is 2. The molecule has 106 valence electrons. The fraction of sp³-hybridized carbons (Fsp3) is 0.786. The highest BCUT2D eigenvalue weighted by atomic mass is 28.4. The maximum absolute atomic E-state index is 10.6. The second-order valence-corrected chi connectivity index (χ2v) is 11.1. The number of aliphatic carboxylic acids is 1. The van der Waals surface area contributed by atoms with E-state index in [0.717, 1.165) is 25.9 Å². The third-order valence-corrected chi connectivity index (χ3v) is 8.19. The molecule has 0 aromatic heterocycles. The van der Waals surface area contributed by atoms with Crippen LogP contribution in [0.1, 0.15) is 47.0 Å². The Labute approximate surface area is 112 Å². The van der Waals surface area contributed by atoms with E-state index in [1.165, 1.54) is 0 Å². The Bertz CT molecular complexity index is 301.